The molecule has 1 aromatic carbocycles. The SMILES string of the molecule is CC1CC(=O)N(C)c2ccc(N3CCNCC3)cc21. The number of piperazine rings is 1. The van der Waals surface area contributed by atoms with Gasteiger partial charge in [-0.15, -0.1) is 0 Å². The van der Waals surface area contributed by atoms with Gasteiger partial charge >= 0.3 is 0 Å². The standard InChI is InChI=1S/C15H21N3O/c1-11-9-15(19)17(2)14-4-3-12(10-13(11)14)18-7-5-16-6-8-18/h3-4,10-11,16H,5-9H2,1-2H3. The van der Waals surface area contributed by atoms with Crippen LogP contribution in [0.5, 0.6) is 0 Å². The molecule has 1 atom stereocenters. The number of benzene rings is 1. The highest BCUT2D eigenvalue weighted by Crippen LogP contribution is 2.37. The predicted molar refractivity (Wildman–Crippen MR) is 78.0 cm³/mol. The summed E-state index contributed by atoms with van der Waals surface area (Å²) in [6.07, 6.45) is 0.620. The van der Waals surface area contributed by atoms with Gasteiger partial charge in [0.15, 0.2) is 0 Å². The van der Waals surface area contributed by atoms with E-state index in [4.69, 9.17) is 0 Å². The molecule has 19 heavy (non-hydrogen) atoms. The van der Waals surface area contributed by atoms with E-state index in [-0.39, 0.29) is 5.91 Å². The summed E-state index contributed by atoms with van der Waals surface area (Å²) in [4.78, 5) is 16.1. The van der Waals surface area contributed by atoms with Gasteiger partial charge in [-0.3, -0.25) is 4.79 Å². The monoisotopic (exact) mass is 259 g/mol. The van der Waals surface area contributed by atoms with Gasteiger partial charge in [-0.1, -0.05) is 6.92 Å². The molecular weight excluding hydrogens is 238 g/mol. The molecule has 0 saturated carbocycles. The fourth-order valence-corrected chi connectivity index (χ4v) is 3.00. The average molecular weight is 259 g/mol. The minimum Gasteiger partial charge on any atom is -0.369 e. The number of anilines is 2. The van der Waals surface area contributed by atoms with Gasteiger partial charge in [0, 0.05) is 51.0 Å². The van der Waals surface area contributed by atoms with Crippen LogP contribution in [0.1, 0.15) is 24.8 Å². The third-order valence-electron chi connectivity index (χ3n) is 4.24. The molecule has 4 heteroatoms. The molecule has 1 N–H and O–H groups in total. The first-order valence-electron chi connectivity index (χ1n) is 7.03. The summed E-state index contributed by atoms with van der Waals surface area (Å²) in [5, 5.41) is 3.37. The smallest absolute Gasteiger partial charge is 0.227 e. The van der Waals surface area contributed by atoms with Crippen LogP contribution in [0.2, 0.25) is 0 Å². The molecule has 3 rings (SSSR count). The molecule has 2 aliphatic rings. The fourth-order valence-electron chi connectivity index (χ4n) is 3.00. The second-order valence-electron chi connectivity index (χ2n) is 5.54. The first-order valence-corrected chi connectivity index (χ1v) is 7.03. The molecular formula is C15H21N3O. The van der Waals surface area contributed by atoms with E-state index in [0.29, 0.717) is 12.3 Å². The topological polar surface area (TPSA) is 35.6 Å². The molecule has 0 radical (unpaired) electrons. The third kappa shape index (κ3) is 2.21. The molecule has 1 unspecified atom stereocenters. The summed E-state index contributed by atoms with van der Waals surface area (Å²) in [6.45, 7) is 6.35. The van der Waals surface area contributed by atoms with E-state index >= 15 is 0 Å². The van der Waals surface area contributed by atoms with Gasteiger partial charge < -0.3 is 15.1 Å². The van der Waals surface area contributed by atoms with Crippen LogP contribution in [-0.2, 0) is 4.79 Å². The van der Waals surface area contributed by atoms with Gasteiger partial charge in [0.1, 0.15) is 0 Å². The quantitative estimate of drug-likeness (QED) is 0.831. The number of nitrogens with zero attached hydrogens (tertiary/aromatic N) is 2. The lowest BCUT2D eigenvalue weighted by Gasteiger charge is -2.33. The Bertz CT molecular complexity index is 494. The highest BCUT2D eigenvalue weighted by molar-refractivity contribution is 5.97. The van der Waals surface area contributed by atoms with Crippen molar-refractivity contribution in [3.63, 3.8) is 0 Å². The minimum absolute atomic E-state index is 0.218. The van der Waals surface area contributed by atoms with Crippen molar-refractivity contribution in [3.8, 4) is 0 Å². The Balaban J connectivity index is 1.94. The fraction of sp³-hybridized carbons (Fsp3) is 0.533. The van der Waals surface area contributed by atoms with Gasteiger partial charge in [0.2, 0.25) is 5.91 Å². The van der Waals surface area contributed by atoms with E-state index < -0.39 is 0 Å². The first kappa shape index (κ1) is 12.5. The molecule has 102 valence electrons. The van der Waals surface area contributed by atoms with Gasteiger partial charge in [0.05, 0.1) is 0 Å². The maximum atomic E-state index is 11.9. The largest absolute Gasteiger partial charge is 0.369 e. The average Bonchev–Trinajstić information content (AvgIpc) is 2.45. The highest BCUT2D eigenvalue weighted by atomic mass is 16.2. The van der Waals surface area contributed by atoms with Crippen molar-refractivity contribution in [1.29, 1.82) is 0 Å². The predicted octanol–water partition coefficient (Wildman–Crippen LogP) is 1.57. The number of hydrogen-bond donors (Lipinski definition) is 1. The van der Waals surface area contributed by atoms with Crippen molar-refractivity contribution in [2.45, 2.75) is 19.3 Å². The van der Waals surface area contributed by atoms with Crippen LogP contribution < -0.4 is 15.1 Å². The third-order valence-corrected chi connectivity index (χ3v) is 4.24. The number of nitrogens with one attached hydrogen (secondary N) is 1. The van der Waals surface area contributed by atoms with Crippen molar-refractivity contribution in [2.75, 3.05) is 43.0 Å². The van der Waals surface area contributed by atoms with Crippen molar-refractivity contribution < 1.29 is 4.79 Å². The molecule has 1 amide bonds. The van der Waals surface area contributed by atoms with Crippen molar-refractivity contribution in [3.05, 3.63) is 23.8 Å². The lowest BCUT2D eigenvalue weighted by atomic mass is 9.90. The molecule has 1 aromatic rings. The van der Waals surface area contributed by atoms with Crippen LogP contribution in [0.15, 0.2) is 18.2 Å². The Morgan fingerprint density at radius 2 is 2.00 bits per heavy atom. The van der Waals surface area contributed by atoms with Gasteiger partial charge in [-0.25, -0.2) is 0 Å². The second-order valence-corrected chi connectivity index (χ2v) is 5.54. The van der Waals surface area contributed by atoms with Crippen LogP contribution in [-0.4, -0.2) is 39.1 Å². The molecule has 0 spiro atoms. The van der Waals surface area contributed by atoms with Crippen LogP contribution in [0.4, 0.5) is 11.4 Å². The molecule has 0 aromatic heterocycles. The van der Waals surface area contributed by atoms with Gasteiger partial charge in [0.25, 0.3) is 0 Å². The van der Waals surface area contributed by atoms with Crippen LogP contribution in [0.3, 0.4) is 0 Å². The van der Waals surface area contributed by atoms with E-state index in [1.165, 1.54) is 11.3 Å². The summed E-state index contributed by atoms with van der Waals surface area (Å²) in [6, 6.07) is 6.51. The van der Waals surface area contributed by atoms with Gasteiger partial charge in [-0.2, -0.15) is 0 Å². The van der Waals surface area contributed by atoms with Gasteiger partial charge in [-0.05, 0) is 29.7 Å². The zero-order valence-corrected chi connectivity index (χ0v) is 11.6. The Hall–Kier alpha value is -1.55. The van der Waals surface area contributed by atoms with Crippen molar-refractivity contribution in [2.24, 2.45) is 0 Å². The summed E-state index contributed by atoms with van der Waals surface area (Å²) >= 11 is 0. The molecule has 2 aliphatic heterocycles. The first-order chi connectivity index (χ1) is 9.16. The summed E-state index contributed by atoms with van der Waals surface area (Å²) in [5.41, 5.74) is 3.66. The molecule has 0 aliphatic carbocycles. The maximum absolute atomic E-state index is 11.9. The van der Waals surface area contributed by atoms with E-state index in [2.05, 4.69) is 35.3 Å². The molecule has 1 fully saturated rings. The summed E-state index contributed by atoms with van der Waals surface area (Å²) in [5.74, 6) is 0.538. The number of amides is 1. The maximum Gasteiger partial charge on any atom is 0.227 e. The Morgan fingerprint density at radius 3 is 2.74 bits per heavy atom. The number of hydrogen-bond acceptors (Lipinski definition) is 3. The normalized spacial score (nSPS) is 23.5. The molecule has 4 nitrogen and oxygen atoms in total. The van der Waals surface area contributed by atoms with Crippen LogP contribution >= 0.6 is 0 Å². The summed E-state index contributed by atoms with van der Waals surface area (Å²) < 4.78 is 0. The summed E-state index contributed by atoms with van der Waals surface area (Å²) in [7, 11) is 1.87. The number of fused-ring (bicyclic) bond motifs is 1. The molecule has 2 heterocycles. The highest BCUT2D eigenvalue weighted by Gasteiger charge is 2.27. The zero-order chi connectivity index (χ0) is 13.4. The lowest BCUT2D eigenvalue weighted by molar-refractivity contribution is -0.119. The van der Waals surface area contributed by atoms with Crippen LogP contribution in [0, 0.1) is 0 Å². The van der Waals surface area contributed by atoms with E-state index in [0.717, 1.165) is 31.9 Å². The van der Waals surface area contributed by atoms with Crippen molar-refractivity contribution in [1.82, 2.24) is 5.32 Å². The zero-order valence-electron chi connectivity index (χ0n) is 11.6. The number of carbonyl (C=O) groups is 1. The number of carbonyl (C=O) groups excluding carboxylic acids is 1. The molecule has 0 bridgehead atoms. The van der Waals surface area contributed by atoms with E-state index in [1.54, 1.807) is 4.90 Å². The van der Waals surface area contributed by atoms with E-state index in [9.17, 15) is 4.79 Å². The van der Waals surface area contributed by atoms with Crippen molar-refractivity contribution >= 4 is 17.3 Å². The second kappa shape index (κ2) is 4.85. The van der Waals surface area contributed by atoms with Crippen LogP contribution in [0.25, 0.3) is 0 Å². The Labute approximate surface area is 114 Å². The minimum atomic E-state index is 0.218. The Kier molecular flexibility index (Phi) is 3.19. The number of rotatable bonds is 1. The van der Waals surface area contributed by atoms with E-state index in [1.807, 2.05) is 7.05 Å². The molecule has 1 saturated heterocycles. The Morgan fingerprint density at radius 1 is 1.26 bits per heavy atom. The lowest BCUT2D eigenvalue weighted by Crippen LogP contribution is -2.43.